The molecule has 1 aromatic rings. The lowest BCUT2D eigenvalue weighted by Gasteiger charge is -2.08. The van der Waals surface area contributed by atoms with Gasteiger partial charge < -0.3 is 5.32 Å². The highest BCUT2D eigenvalue weighted by Gasteiger charge is 2.13. The van der Waals surface area contributed by atoms with Gasteiger partial charge in [-0.2, -0.15) is 0 Å². The van der Waals surface area contributed by atoms with Crippen LogP contribution in [0.5, 0.6) is 0 Å². The minimum Gasteiger partial charge on any atom is -0.313 e. The molecule has 0 aromatic heterocycles. The van der Waals surface area contributed by atoms with E-state index in [0.717, 1.165) is 5.02 Å². The van der Waals surface area contributed by atoms with E-state index in [1.54, 1.807) is 0 Å². The van der Waals surface area contributed by atoms with E-state index in [1.165, 1.54) is 30.0 Å². The van der Waals surface area contributed by atoms with Crippen LogP contribution in [0, 0.1) is 0 Å². The molecule has 0 saturated carbocycles. The molecule has 76 valence electrons. The van der Waals surface area contributed by atoms with Crippen molar-refractivity contribution in [3.63, 3.8) is 0 Å². The van der Waals surface area contributed by atoms with Crippen LogP contribution in [0.25, 0.3) is 0 Å². The number of hydrogen-bond acceptors (Lipinski definition) is 2. The molecule has 2 rings (SSSR count). The second-order valence-corrected chi connectivity index (χ2v) is 5.09. The Kier molecular flexibility index (Phi) is 3.74. The van der Waals surface area contributed by atoms with Crippen LogP contribution in [0.4, 0.5) is 0 Å². The van der Waals surface area contributed by atoms with Crippen LogP contribution in [0.1, 0.15) is 12.8 Å². The zero-order valence-corrected chi connectivity index (χ0v) is 9.57. The zero-order chi connectivity index (χ0) is 9.80. The summed E-state index contributed by atoms with van der Waals surface area (Å²) >= 11 is 7.72. The Labute approximate surface area is 94.2 Å². The molecule has 0 bridgehead atoms. The molecule has 1 nitrogen and oxygen atoms in total. The van der Waals surface area contributed by atoms with Crippen molar-refractivity contribution in [1.29, 1.82) is 0 Å². The molecule has 14 heavy (non-hydrogen) atoms. The van der Waals surface area contributed by atoms with Crippen LogP contribution in [0.2, 0.25) is 5.02 Å². The molecule has 0 amide bonds. The predicted molar refractivity (Wildman–Crippen MR) is 63.2 cm³/mol. The maximum Gasteiger partial charge on any atom is 0.0406 e. The molecule has 0 aliphatic carbocycles. The number of benzene rings is 1. The fourth-order valence-electron chi connectivity index (χ4n) is 1.63. The molecule has 3 heteroatoms. The van der Waals surface area contributed by atoms with E-state index < -0.39 is 0 Å². The first-order valence-corrected chi connectivity index (χ1v) is 6.33. The summed E-state index contributed by atoms with van der Waals surface area (Å²) in [6.45, 7) is 1.19. The highest BCUT2D eigenvalue weighted by Crippen LogP contribution is 2.22. The van der Waals surface area contributed by atoms with Crippen molar-refractivity contribution in [3.8, 4) is 0 Å². The number of hydrogen-bond donors (Lipinski definition) is 1. The summed E-state index contributed by atoms with van der Waals surface area (Å²) in [6, 6.07) is 8.78. The first kappa shape index (κ1) is 10.3. The van der Waals surface area contributed by atoms with Gasteiger partial charge in [0.15, 0.2) is 0 Å². The SMILES string of the molecule is Clc1ccc(SC[C@@H]2CCCN2)cc1. The smallest absolute Gasteiger partial charge is 0.0406 e. The number of rotatable bonds is 3. The molecule has 1 saturated heterocycles. The molecule has 1 fully saturated rings. The van der Waals surface area contributed by atoms with Crippen molar-refractivity contribution >= 4 is 23.4 Å². The zero-order valence-electron chi connectivity index (χ0n) is 8.00. The third-order valence-corrected chi connectivity index (χ3v) is 3.85. The summed E-state index contributed by atoms with van der Waals surface area (Å²) in [7, 11) is 0. The first-order chi connectivity index (χ1) is 6.84. The lowest BCUT2D eigenvalue weighted by molar-refractivity contribution is 0.674. The van der Waals surface area contributed by atoms with Gasteiger partial charge in [0.25, 0.3) is 0 Å². The Morgan fingerprint density at radius 1 is 1.36 bits per heavy atom. The van der Waals surface area contributed by atoms with Crippen LogP contribution >= 0.6 is 23.4 Å². The molecule has 1 aliphatic rings. The lowest BCUT2D eigenvalue weighted by atomic mass is 10.3. The van der Waals surface area contributed by atoms with Gasteiger partial charge in [0.05, 0.1) is 0 Å². The Morgan fingerprint density at radius 3 is 2.79 bits per heavy atom. The minimum atomic E-state index is 0.704. The molecule has 1 aliphatic heterocycles. The summed E-state index contributed by atoms with van der Waals surface area (Å²) < 4.78 is 0. The van der Waals surface area contributed by atoms with E-state index in [-0.39, 0.29) is 0 Å². The lowest BCUT2D eigenvalue weighted by Crippen LogP contribution is -2.23. The van der Waals surface area contributed by atoms with Gasteiger partial charge in [-0.3, -0.25) is 0 Å². The molecule has 1 N–H and O–H groups in total. The second kappa shape index (κ2) is 5.06. The van der Waals surface area contributed by atoms with Crippen LogP contribution in [-0.4, -0.2) is 18.3 Å². The molecule has 0 unspecified atom stereocenters. The summed E-state index contributed by atoms with van der Waals surface area (Å²) in [5.74, 6) is 1.17. The van der Waals surface area contributed by atoms with Crippen molar-refractivity contribution < 1.29 is 0 Å². The standard InChI is InChI=1S/C11H14ClNS/c12-9-3-5-11(6-4-9)14-8-10-2-1-7-13-10/h3-6,10,13H,1-2,7-8H2/t10-/m0/s1. The molecular weight excluding hydrogens is 214 g/mol. The summed E-state index contributed by atoms with van der Waals surface area (Å²) in [6.07, 6.45) is 2.65. The minimum absolute atomic E-state index is 0.704. The molecule has 1 aromatic carbocycles. The van der Waals surface area contributed by atoms with E-state index in [4.69, 9.17) is 11.6 Å². The van der Waals surface area contributed by atoms with Crippen molar-refractivity contribution in [2.45, 2.75) is 23.8 Å². The highest BCUT2D eigenvalue weighted by atomic mass is 35.5. The van der Waals surface area contributed by atoms with E-state index >= 15 is 0 Å². The molecule has 1 heterocycles. The van der Waals surface area contributed by atoms with E-state index in [2.05, 4.69) is 17.4 Å². The van der Waals surface area contributed by atoms with E-state index in [1.807, 2.05) is 23.9 Å². The maximum absolute atomic E-state index is 5.82. The average Bonchev–Trinajstić information content (AvgIpc) is 2.70. The fourth-order valence-corrected chi connectivity index (χ4v) is 2.76. The first-order valence-electron chi connectivity index (χ1n) is 4.96. The quantitative estimate of drug-likeness (QED) is 0.797. The average molecular weight is 228 g/mol. The van der Waals surface area contributed by atoms with Crippen molar-refractivity contribution in [1.82, 2.24) is 5.32 Å². The summed E-state index contributed by atoms with van der Waals surface area (Å²) in [5.41, 5.74) is 0. The normalized spacial score (nSPS) is 21.4. The third-order valence-electron chi connectivity index (χ3n) is 2.43. The van der Waals surface area contributed by atoms with Crippen LogP contribution in [-0.2, 0) is 0 Å². The predicted octanol–water partition coefficient (Wildman–Crippen LogP) is 3.18. The molecule has 0 radical (unpaired) electrons. The van der Waals surface area contributed by atoms with Gasteiger partial charge in [-0.1, -0.05) is 11.6 Å². The van der Waals surface area contributed by atoms with Gasteiger partial charge in [0.1, 0.15) is 0 Å². The Bertz CT molecular complexity index is 280. The highest BCUT2D eigenvalue weighted by molar-refractivity contribution is 7.99. The van der Waals surface area contributed by atoms with Crippen LogP contribution < -0.4 is 5.32 Å². The Morgan fingerprint density at radius 2 is 2.14 bits per heavy atom. The van der Waals surface area contributed by atoms with Crippen molar-refractivity contribution in [2.75, 3.05) is 12.3 Å². The fraction of sp³-hybridized carbons (Fsp3) is 0.455. The maximum atomic E-state index is 5.82. The number of nitrogens with one attached hydrogen (secondary N) is 1. The van der Waals surface area contributed by atoms with Gasteiger partial charge >= 0.3 is 0 Å². The topological polar surface area (TPSA) is 12.0 Å². The summed E-state index contributed by atoms with van der Waals surface area (Å²) in [4.78, 5) is 1.31. The van der Waals surface area contributed by atoms with Crippen molar-refractivity contribution in [3.05, 3.63) is 29.3 Å². The summed E-state index contributed by atoms with van der Waals surface area (Å²) in [5, 5.41) is 4.30. The van der Waals surface area contributed by atoms with Gasteiger partial charge in [0.2, 0.25) is 0 Å². The monoisotopic (exact) mass is 227 g/mol. The Hall–Kier alpha value is -0.180. The molecule has 1 atom stereocenters. The van der Waals surface area contributed by atoms with Gasteiger partial charge in [-0.25, -0.2) is 0 Å². The van der Waals surface area contributed by atoms with Crippen molar-refractivity contribution in [2.24, 2.45) is 0 Å². The second-order valence-electron chi connectivity index (χ2n) is 3.56. The van der Waals surface area contributed by atoms with E-state index in [9.17, 15) is 0 Å². The molecular formula is C11H14ClNS. The van der Waals surface area contributed by atoms with Crippen LogP contribution in [0.3, 0.4) is 0 Å². The van der Waals surface area contributed by atoms with Gasteiger partial charge in [-0.05, 0) is 43.7 Å². The Balaban J connectivity index is 1.82. The number of halogens is 1. The number of thioether (sulfide) groups is 1. The molecule has 0 spiro atoms. The van der Waals surface area contributed by atoms with Gasteiger partial charge in [0, 0.05) is 21.7 Å². The van der Waals surface area contributed by atoms with E-state index in [0.29, 0.717) is 6.04 Å². The van der Waals surface area contributed by atoms with Gasteiger partial charge in [-0.15, -0.1) is 11.8 Å². The van der Waals surface area contributed by atoms with Crippen LogP contribution in [0.15, 0.2) is 29.2 Å². The largest absolute Gasteiger partial charge is 0.313 e. The third kappa shape index (κ3) is 2.91.